The molecule has 2 aromatic carbocycles. The number of hydrogen-bond donors (Lipinski definition) is 1. The maximum Gasteiger partial charge on any atom is 0.328 e. The highest BCUT2D eigenvalue weighted by atomic mass is 16.2. The molecule has 4 rings (SSSR count). The molecule has 0 radical (unpaired) electrons. The Kier molecular flexibility index (Phi) is 6.56. The fraction of sp³-hybridized carbons (Fsp3) is 0.296. The quantitative estimate of drug-likeness (QED) is 0.483. The molecule has 0 atom stereocenters. The van der Waals surface area contributed by atoms with E-state index >= 15 is 0 Å². The minimum Gasteiger partial charge on any atom is -0.321 e. The summed E-state index contributed by atoms with van der Waals surface area (Å²) in [6.07, 6.45) is 3.23. The van der Waals surface area contributed by atoms with E-state index in [-0.39, 0.29) is 22.7 Å². The normalized spacial score (nSPS) is 15.0. The number of rotatable bonds is 4. The van der Waals surface area contributed by atoms with Gasteiger partial charge in [-0.3, -0.25) is 19.7 Å². The Hall–Kier alpha value is -3.51. The summed E-state index contributed by atoms with van der Waals surface area (Å²) in [5.41, 5.74) is 2.32. The lowest BCUT2D eigenvalue weighted by Gasteiger charge is -2.37. The summed E-state index contributed by atoms with van der Waals surface area (Å²) in [7, 11) is 0. The first kappa shape index (κ1) is 22.7. The van der Waals surface area contributed by atoms with E-state index in [2.05, 4.69) is 18.7 Å². The first-order valence-corrected chi connectivity index (χ1v) is 11.4. The van der Waals surface area contributed by atoms with Gasteiger partial charge in [0.25, 0.3) is 0 Å². The smallest absolute Gasteiger partial charge is 0.321 e. The number of ketones is 1. The molecule has 0 aliphatic carbocycles. The third-order valence-electron chi connectivity index (χ3n) is 6.34. The van der Waals surface area contributed by atoms with Crippen LogP contribution >= 0.6 is 0 Å². The molecule has 33 heavy (non-hydrogen) atoms. The van der Waals surface area contributed by atoms with Gasteiger partial charge in [-0.1, -0.05) is 54.6 Å². The van der Waals surface area contributed by atoms with E-state index in [9.17, 15) is 9.59 Å². The summed E-state index contributed by atoms with van der Waals surface area (Å²) in [5.74, 6) is -0.279. The first-order valence-electron chi connectivity index (χ1n) is 11.4. The minimum absolute atomic E-state index is 0.145. The molecule has 6 nitrogen and oxygen atoms in total. The van der Waals surface area contributed by atoms with Gasteiger partial charge in [0.05, 0.1) is 16.4 Å². The highest BCUT2D eigenvalue weighted by Crippen LogP contribution is 2.19. The van der Waals surface area contributed by atoms with Crippen molar-refractivity contribution in [1.29, 1.82) is 5.41 Å². The summed E-state index contributed by atoms with van der Waals surface area (Å²) >= 11 is 0. The van der Waals surface area contributed by atoms with Crippen LogP contribution in [0.15, 0.2) is 60.7 Å². The summed E-state index contributed by atoms with van der Waals surface area (Å²) in [4.78, 5) is 31.1. The number of nitrogens with zero attached hydrogens (tertiary/aromatic N) is 3. The van der Waals surface area contributed by atoms with E-state index in [0.717, 1.165) is 18.7 Å². The van der Waals surface area contributed by atoms with E-state index in [4.69, 9.17) is 5.41 Å². The molecule has 1 aliphatic heterocycles. The molecular formula is C27H30N4O2. The van der Waals surface area contributed by atoms with Crippen molar-refractivity contribution in [3.63, 3.8) is 0 Å². The predicted octanol–water partition coefficient (Wildman–Crippen LogP) is 4.32. The lowest BCUT2D eigenvalue weighted by molar-refractivity contribution is 0.104. The van der Waals surface area contributed by atoms with Gasteiger partial charge >= 0.3 is 6.03 Å². The van der Waals surface area contributed by atoms with Crippen LogP contribution in [0.4, 0.5) is 4.79 Å². The van der Waals surface area contributed by atoms with Crippen molar-refractivity contribution in [2.24, 2.45) is 0 Å². The van der Waals surface area contributed by atoms with Gasteiger partial charge in [-0.2, -0.15) is 0 Å². The molecule has 170 valence electrons. The first-order chi connectivity index (χ1) is 15.9. The molecule has 1 fully saturated rings. The molecule has 3 aromatic rings. The Morgan fingerprint density at radius 2 is 1.58 bits per heavy atom. The average Bonchev–Trinajstić information content (AvgIpc) is 2.83. The van der Waals surface area contributed by atoms with Crippen LogP contribution in [0.3, 0.4) is 0 Å². The van der Waals surface area contributed by atoms with E-state index in [1.165, 1.54) is 6.08 Å². The fourth-order valence-corrected chi connectivity index (χ4v) is 4.43. The zero-order valence-electron chi connectivity index (χ0n) is 19.4. The molecule has 1 saturated heterocycles. The summed E-state index contributed by atoms with van der Waals surface area (Å²) in [6, 6.07) is 17.2. The second-order valence-corrected chi connectivity index (χ2v) is 8.70. The second-order valence-electron chi connectivity index (χ2n) is 8.70. The Bertz CT molecular complexity index is 1270. The highest BCUT2D eigenvalue weighted by Gasteiger charge is 2.27. The number of allylic oxidation sites excluding steroid dienone is 1. The van der Waals surface area contributed by atoms with E-state index in [1.54, 1.807) is 23.6 Å². The lowest BCUT2D eigenvalue weighted by atomic mass is 10.0. The van der Waals surface area contributed by atoms with Crippen molar-refractivity contribution in [3.05, 3.63) is 82.9 Å². The van der Waals surface area contributed by atoms with Gasteiger partial charge in [-0.15, -0.1) is 0 Å². The zero-order chi connectivity index (χ0) is 23.5. The van der Waals surface area contributed by atoms with Crippen LogP contribution in [-0.4, -0.2) is 58.4 Å². The monoisotopic (exact) mass is 442 g/mol. The Balaban J connectivity index is 1.76. The number of hydrogen-bond acceptors (Lipinski definition) is 4. The molecule has 0 spiro atoms. The maximum atomic E-state index is 13.7. The average molecular weight is 443 g/mol. The van der Waals surface area contributed by atoms with Crippen molar-refractivity contribution in [1.82, 2.24) is 14.4 Å². The summed E-state index contributed by atoms with van der Waals surface area (Å²) in [6.45, 7) is 9.01. The number of pyridine rings is 1. The molecule has 1 aromatic heterocycles. The number of aromatic nitrogens is 1. The highest BCUT2D eigenvalue weighted by molar-refractivity contribution is 6.10. The molecule has 1 amide bonds. The van der Waals surface area contributed by atoms with Crippen molar-refractivity contribution in [2.45, 2.75) is 26.8 Å². The molecule has 6 heteroatoms. The van der Waals surface area contributed by atoms with Crippen LogP contribution in [0.1, 0.15) is 35.5 Å². The number of carbonyl (C=O) groups excluding carboxylic acids is 2. The Labute approximate surface area is 194 Å². The van der Waals surface area contributed by atoms with Crippen LogP contribution in [0.2, 0.25) is 0 Å². The Morgan fingerprint density at radius 3 is 2.24 bits per heavy atom. The molecule has 0 saturated carbocycles. The number of fused-ring (bicyclic) bond motifs is 1. The lowest BCUT2D eigenvalue weighted by Crippen LogP contribution is -2.52. The number of nitrogens with one attached hydrogen (secondary N) is 1. The van der Waals surface area contributed by atoms with E-state index in [0.29, 0.717) is 35.7 Å². The SMILES string of the molecule is Cc1c(C(=O)C=Cc2ccccc2)c(=N)c2ccccc2n1C(=O)N1CCN(C(C)C)CC1. The molecular weight excluding hydrogens is 412 g/mol. The van der Waals surface area contributed by atoms with Crippen molar-refractivity contribution in [3.8, 4) is 0 Å². The minimum atomic E-state index is -0.279. The number of para-hydroxylation sites is 1. The fourth-order valence-electron chi connectivity index (χ4n) is 4.43. The van der Waals surface area contributed by atoms with Crippen molar-refractivity contribution in [2.75, 3.05) is 26.2 Å². The van der Waals surface area contributed by atoms with Crippen LogP contribution in [0, 0.1) is 12.3 Å². The van der Waals surface area contributed by atoms with Gasteiger partial charge in [0.2, 0.25) is 0 Å². The van der Waals surface area contributed by atoms with E-state index < -0.39 is 0 Å². The van der Waals surface area contributed by atoms with Gasteiger partial charge in [0.15, 0.2) is 5.78 Å². The summed E-state index contributed by atoms with van der Waals surface area (Å²) in [5, 5.41) is 9.49. The van der Waals surface area contributed by atoms with Gasteiger partial charge in [0.1, 0.15) is 0 Å². The topological polar surface area (TPSA) is 69.4 Å². The standard InChI is InChI=1S/C27H30N4O2/c1-19(2)29-15-17-30(18-16-29)27(33)31-20(3)25(26(28)22-11-7-8-12-23(22)31)24(32)14-13-21-9-5-4-6-10-21/h4-14,19,28H,15-18H2,1-3H3. The number of benzene rings is 2. The van der Waals surface area contributed by atoms with Crippen LogP contribution < -0.4 is 5.36 Å². The predicted molar refractivity (Wildman–Crippen MR) is 131 cm³/mol. The third kappa shape index (κ3) is 4.52. The van der Waals surface area contributed by atoms with Gasteiger partial charge in [0, 0.05) is 43.3 Å². The third-order valence-corrected chi connectivity index (χ3v) is 6.34. The maximum absolute atomic E-state index is 13.7. The number of piperazine rings is 1. The van der Waals surface area contributed by atoms with Crippen LogP contribution in [0.5, 0.6) is 0 Å². The molecule has 0 unspecified atom stereocenters. The molecule has 2 heterocycles. The largest absolute Gasteiger partial charge is 0.328 e. The Morgan fingerprint density at radius 1 is 0.939 bits per heavy atom. The molecule has 0 bridgehead atoms. The molecule has 1 aliphatic rings. The van der Waals surface area contributed by atoms with Gasteiger partial charge in [-0.05, 0) is 38.5 Å². The number of carbonyl (C=O) groups is 2. The van der Waals surface area contributed by atoms with Crippen LogP contribution in [0.25, 0.3) is 17.0 Å². The van der Waals surface area contributed by atoms with Crippen molar-refractivity contribution >= 4 is 28.8 Å². The van der Waals surface area contributed by atoms with Crippen molar-refractivity contribution < 1.29 is 9.59 Å². The molecule has 1 N–H and O–H groups in total. The van der Waals surface area contributed by atoms with E-state index in [1.807, 2.05) is 53.4 Å². The summed E-state index contributed by atoms with van der Waals surface area (Å²) < 4.78 is 1.61. The van der Waals surface area contributed by atoms with Crippen LogP contribution in [-0.2, 0) is 0 Å². The zero-order valence-corrected chi connectivity index (χ0v) is 19.4. The van der Waals surface area contributed by atoms with Gasteiger partial charge < -0.3 is 4.90 Å². The number of amides is 1. The van der Waals surface area contributed by atoms with Gasteiger partial charge in [-0.25, -0.2) is 4.79 Å². The second kappa shape index (κ2) is 9.55.